The number of amides is 2. The molecule has 30 heavy (non-hydrogen) atoms. The number of methoxy groups -OCH3 is 1. The van der Waals surface area contributed by atoms with E-state index < -0.39 is 0 Å². The van der Waals surface area contributed by atoms with Crippen molar-refractivity contribution in [3.8, 4) is 5.75 Å². The Morgan fingerprint density at radius 2 is 1.93 bits per heavy atom. The van der Waals surface area contributed by atoms with E-state index in [4.69, 9.17) is 4.74 Å². The largest absolute Gasteiger partial charge is 0.497 e. The highest BCUT2D eigenvalue weighted by atomic mass is 16.5. The van der Waals surface area contributed by atoms with Gasteiger partial charge < -0.3 is 14.5 Å². The number of nitrogens with zero attached hydrogens (tertiary/aromatic N) is 2. The van der Waals surface area contributed by atoms with E-state index in [9.17, 15) is 9.59 Å². The third-order valence-electron chi connectivity index (χ3n) is 6.59. The molecule has 3 rings (SSSR count). The molecule has 5 nitrogen and oxygen atoms in total. The van der Waals surface area contributed by atoms with E-state index in [1.165, 1.54) is 0 Å². The van der Waals surface area contributed by atoms with Crippen LogP contribution in [0.25, 0.3) is 0 Å². The maximum Gasteiger partial charge on any atom is 0.227 e. The van der Waals surface area contributed by atoms with Gasteiger partial charge in [0.25, 0.3) is 0 Å². The lowest BCUT2D eigenvalue weighted by Gasteiger charge is -2.41. The maximum absolute atomic E-state index is 13.5. The smallest absolute Gasteiger partial charge is 0.227 e. The predicted octanol–water partition coefficient (Wildman–Crippen LogP) is 3.99. The Bertz CT molecular complexity index is 761. The van der Waals surface area contributed by atoms with Gasteiger partial charge in [-0.1, -0.05) is 24.3 Å². The Balaban J connectivity index is 1.64. The van der Waals surface area contributed by atoms with Gasteiger partial charge in [0, 0.05) is 31.6 Å². The van der Waals surface area contributed by atoms with Gasteiger partial charge in [0.05, 0.1) is 13.0 Å². The van der Waals surface area contributed by atoms with Gasteiger partial charge in [-0.3, -0.25) is 9.59 Å². The first-order valence-corrected chi connectivity index (χ1v) is 11.0. The molecule has 0 aromatic heterocycles. The van der Waals surface area contributed by atoms with Gasteiger partial charge >= 0.3 is 0 Å². The number of carbonyl (C=O) groups is 2. The van der Waals surface area contributed by atoms with Crippen LogP contribution in [0.15, 0.2) is 49.6 Å². The molecule has 1 atom stereocenters. The number of rotatable bonds is 9. The molecule has 0 spiro atoms. The number of hydrogen-bond donors (Lipinski definition) is 0. The summed E-state index contributed by atoms with van der Waals surface area (Å²) in [6.07, 6.45) is 9.28. The van der Waals surface area contributed by atoms with Crippen LogP contribution in [0.2, 0.25) is 0 Å². The van der Waals surface area contributed by atoms with Crippen molar-refractivity contribution in [2.24, 2.45) is 5.92 Å². The lowest BCUT2D eigenvalue weighted by Crippen LogP contribution is -2.53. The zero-order valence-corrected chi connectivity index (χ0v) is 18.1. The normalized spacial score (nSPS) is 20.8. The summed E-state index contributed by atoms with van der Waals surface area (Å²) in [7, 11) is 1.65. The molecule has 0 aliphatic carbocycles. The molecule has 0 radical (unpaired) electrons. The van der Waals surface area contributed by atoms with Gasteiger partial charge in [0.15, 0.2) is 0 Å². The minimum atomic E-state index is -0.185. The standard InChI is InChI=1S/C25H34N2O3/c1-4-14-25(15-5-2)16-6-17-27(25)24(29)21-9-12-23(28)26(19-21)18-13-20-7-10-22(30-3)11-8-20/h4-5,7-8,10-11,21H,1-2,6,9,12-19H2,3H3/t21-/m0/s1. The van der Waals surface area contributed by atoms with Crippen molar-refractivity contribution in [2.45, 2.75) is 50.5 Å². The molecule has 0 unspecified atom stereocenters. The zero-order valence-electron chi connectivity index (χ0n) is 18.1. The van der Waals surface area contributed by atoms with Gasteiger partial charge in [-0.2, -0.15) is 0 Å². The van der Waals surface area contributed by atoms with E-state index in [0.29, 0.717) is 25.9 Å². The SMILES string of the molecule is C=CCC1(CC=C)CCCN1C(=O)[C@H]1CCC(=O)N(CCc2ccc(OC)cc2)C1. The second-order valence-corrected chi connectivity index (χ2v) is 8.48. The highest BCUT2D eigenvalue weighted by molar-refractivity contribution is 5.84. The molecule has 162 valence electrons. The Kier molecular flexibility index (Phi) is 7.35. The Labute approximate surface area is 180 Å². The number of hydrogen-bond acceptors (Lipinski definition) is 3. The van der Waals surface area contributed by atoms with Crippen LogP contribution in [-0.2, 0) is 16.0 Å². The van der Waals surface area contributed by atoms with Crippen LogP contribution >= 0.6 is 0 Å². The summed E-state index contributed by atoms with van der Waals surface area (Å²) in [5.74, 6) is 1.05. The summed E-state index contributed by atoms with van der Waals surface area (Å²) in [4.78, 5) is 29.9. The van der Waals surface area contributed by atoms with Crippen LogP contribution in [-0.4, -0.2) is 53.9 Å². The number of likely N-dealkylation sites (tertiary alicyclic amines) is 2. The molecule has 2 aliphatic heterocycles. The van der Waals surface area contributed by atoms with Crippen LogP contribution in [0.3, 0.4) is 0 Å². The number of carbonyl (C=O) groups excluding carboxylic acids is 2. The lowest BCUT2D eigenvalue weighted by molar-refractivity contribution is -0.145. The minimum absolute atomic E-state index is 0.120. The summed E-state index contributed by atoms with van der Waals surface area (Å²) >= 11 is 0. The molecule has 5 heteroatoms. The molecule has 2 amide bonds. The molecule has 2 fully saturated rings. The molecular formula is C25H34N2O3. The van der Waals surface area contributed by atoms with Gasteiger partial charge in [-0.25, -0.2) is 0 Å². The second kappa shape index (κ2) is 9.96. The topological polar surface area (TPSA) is 49.9 Å². The molecule has 0 N–H and O–H groups in total. The number of piperidine rings is 1. The average Bonchev–Trinajstić information content (AvgIpc) is 3.16. The molecule has 2 heterocycles. The number of ether oxygens (including phenoxy) is 1. The average molecular weight is 411 g/mol. The van der Waals surface area contributed by atoms with Crippen molar-refractivity contribution < 1.29 is 14.3 Å². The van der Waals surface area contributed by atoms with Crippen LogP contribution in [0, 0.1) is 5.92 Å². The fourth-order valence-corrected chi connectivity index (χ4v) is 4.94. The Hall–Kier alpha value is -2.56. The van der Waals surface area contributed by atoms with Gasteiger partial charge in [0.2, 0.25) is 11.8 Å². The molecule has 2 aliphatic rings. The third-order valence-corrected chi connectivity index (χ3v) is 6.59. The molecule has 1 aromatic carbocycles. The van der Waals surface area contributed by atoms with Crippen molar-refractivity contribution in [2.75, 3.05) is 26.7 Å². The van der Waals surface area contributed by atoms with Crippen molar-refractivity contribution in [1.82, 2.24) is 9.80 Å². The van der Waals surface area contributed by atoms with Crippen LogP contribution in [0.5, 0.6) is 5.75 Å². The minimum Gasteiger partial charge on any atom is -0.497 e. The van der Waals surface area contributed by atoms with E-state index in [2.05, 4.69) is 18.1 Å². The molecule has 2 saturated heterocycles. The van der Waals surface area contributed by atoms with Crippen LogP contribution in [0.4, 0.5) is 0 Å². The summed E-state index contributed by atoms with van der Waals surface area (Å²) in [6, 6.07) is 7.93. The monoisotopic (exact) mass is 410 g/mol. The zero-order chi connectivity index (χ0) is 21.6. The van der Waals surface area contributed by atoms with Gasteiger partial charge in [-0.05, 0) is 56.2 Å². The first kappa shape index (κ1) is 22.1. The van der Waals surface area contributed by atoms with Crippen molar-refractivity contribution >= 4 is 11.8 Å². The van der Waals surface area contributed by atoms with E-state index >= 15 is 0 Å². The molecule has 0 bridgehead atoms. The summed E-state index contributed by atoms with van der Waals surface area (Å²) in [5.41, 5.74) is 0.975. The summed E-state index contributed by atoms with van der Waals surface area (Å²) in [5, 5.41) is 0. The third kappa shape index (κ3) is 4.77. The lowest BCUT2D eigenvalue weighted by atomic mass is 9.86. The summed E-state index contributed by atoms with van der Waals surface area (Å²) in [6.45, 7) is 9.76. The highest BCUT2D eigenvalue weighted by Gasteiger charge is 2.44. The number of benzene rings is 1. The van der Waals surface area contributed by atoms with E-state index in [-0.39, 0.29) is 23.3 Å². The van der Waals surface area contributed by atoms with E-state index in [0.717, 1.165) is 50.0 Å². The maximum atomic E-state index is 13.5. The van der Waals surface area contributed by atoms with Crippen molar-refractivity contribution in [1.29, 1.82) is 0 Å². The summed E-state index contributed by atoms with van der Waals surface area (Å²) < 4.78 is 5.20. The quantitative estimate of drug-likeness (QED) is 0.579. The Morgan fingerprint density at radius 1 is 1.23 bits per heavy atom. The highest BCUT2D eigenvalue weighted by Crippen LogP contribution is 2.38. The first-order chi connectivity index (χ1) is 14.5. The van der Waals surface area contributed by atoms with Crippen LogP contribution < -0.4 is 4.74 Å². The van der Waals surface area contributed by atoms with Gasteiger partial charge in [-0.15, -0.1) is 13.2 Å². The van der Waals surface area contributed by atoms with Crippen molar-refractivity contribution in [3.05, 3.63) is 55.1 Å². The molecular weight excluding hydrogens is 376 g/mol. The fourth-order valence-electron chi connectivity index (χ4n) is 4.94. The van der Waals surface area contributed by atoms with E-state index in [1.807, 2.05) is 41.3 Å². The Morgan fingerprint density at radius 3 is 2.57 bits per heavy atom. The first-order valence-electron chi connectivity index (χ1n) is 11.0. The molecule has 1 aromatic rings. The second-order valence-electron chi connectivity index (χ2n) is 8.48. The fraction of sp³-hybridized carbons (Fsp3) is 0.520. The van der Waals surface area contributed by atoms with Crippen LogP contribution in [0.1, 0.15) is 44.1 Å². The van der Waals surface area contributed by atoms with E-state index in [1.54, 1.807) is 7.11 Å². The predicted molar refractivity (Wildman–Crippen MR) is 119 cm³/mol. The van der Waals surface area contributed by atoms with Crippen molar-refractivity contribution in [3.63, 3.8) is 0 Å². The van der Waals surface area contributed by atoms with Gasteiger partial charge in [0.1, 0.15) is 5.75 Å². The molecule has 0 saturated carbocycles.